The molecule has 0 spiro atoms. The zero-order valence-electron chi connectivity index (χ0n) is 7.14. The fraction of sp³-hybridized carbons (Fsp3) is 0.667. The third-order valence-electron chi connectivity index (χ3n) is 1.17. The SMILES string of the molecule is CC#CCC(=O)OCCCC. The van der Waals surface area contributed by atoms with Gasteiger partial charge in [-0.15, -0.1) is 5.92 Å². The zero-order chi connectivity index (χ0) is 8.53. The number of hydrogen-bond donors (Lipinski definition) is 0. The first-order valence-corrected chi connectivity index (χ1v) is 3.86. The smallest absolute Gasteiger partial charge is 0.317 e. The second kappa shape index (κ2) is 7.14. The quantitative estimate of drug-likeness (QED) is 0.350. The topological polar surface area (TPSA) is 26.3 Å². The highest BCUT2D eigenvalue weighted by Crippen LogP contribution is 1.90. The van der Waals surface area contributed by atoms with Crippen molar-refractivity contribution < 1.29 is 9.53 Å². The molecule has 0 rings (SSSR count). The lowest BCUT2D eigenvalue weighted by Crippen LogP contribution is -2.03. The van der Waals surface area contributed by atoms with Crippen molar-refractivity contribution in [3.05, 3.63) is 0 Å². The maximum Gasteiger partial charge on any atom is 0.317 e. The highest BCUT2D eigenvalue weighted by atomic mass is 16.5. The molecule has 0 aromatic carbocycles. The van der Waals surface area contributed by atoms with Gasteiger partial charge in [-0.25, -0.2) is 0 Å². The van der Waals surface area contributed by atoms with Crippen molar-refractivity contribution in [3.8, 4) is 11.8 Å². The van der Waals surface area contributed by atoms with Gasteiger partial charge in [0.25, 0.3) is 0 Å². The first kappa shape index (κ1) is 10.0. The van der Waals surface area contributed by atoms with Crippen LogP contribution in [0, 0.1) is 11.8 Å². The molecule has 11 heavy (non-hydrogen) atoms. The number of ether oxygens (including phenoxy) is 1. The van der Waals surface area contributed by atoms with Crippen molar-refractivity contribution in [2.45, 2.75) is 33.1 Å². The molecule has 2 nitrogen and oxygen atoms in total. The molecule has 0 amide bonds. The summed E-state index contributed by atoms with van der Waals surface area (Å²) in [5.41, 5.74) is 0. The van der Waals surface area contributed by atoms with Gasteiger partial charge in [-0.05, 0) is 13.3 Å². The van der Waals surface area contributed by atoms with Crippen LogP contribution in [0.4, 0.5) is 0 Å². The van der Waals surface area contributed by atoms with Crippen molar-refractivity contribution in [1.29, 1.82) is 0 Å². The Labute approximate surface area is 67.9 Å². The minimum atomic E-state index is -0.215. The van der Waals surface area contributed by atoms with Crippen molar-refractivity contribution in [2.24, 2.45) is 0 Å². The van der Waals surface area contributed by atoms with E-state index in [0.717, 1.165) is 12.8 Å². The van der Waals surface area contributed by atoms with Gasteiger partial charge in [0, 0.05) is 0 Å². The highest BCUT2D eigenvalue weighted by Gasteiger charge is 1.97. The fourth-order valence-electron chi connectivity index (χ4n) is 0.542. The van der Waals surface area contributed by atoms with E-state index in [9.17, 15) is 4.79 Å². The van der Waals surface area contributed by atoms with Crippen LogP contribution in [0.2, 0.25) is 0 Å². The molecule has 0 radical (unpaired) electrons. The molecule has 0 aliphatic carbocycles. The highest BCUT2D eigenvalue weighted by molar-refractivity contribution is 5.72. The molecule has 0 aliphatic heterocycles. The normalized spacial score (nSPS) is 8.18. The number of carbonyl (C=O) groups excluding carboxylic acids is 1. The zero-order valence-corrected chi connectivity index (χ0v) is 7.14. The monoisotopic (exact) mass is 154 g/mol. The van der Waals surface area contributed by atoms with Crippen LogP contribution in [-0.2, 0) is 9.53 Å². The predicted octanol–water partition coefficient (Wildman–Crippen LogP) is 1.74. The Hall–Kier alpha value is -0.970. The molecule has 0 N–H and O–H groups in total. The first-order valence-electron chi connectivity index (χ1n) is 3.86. The van der Waals surface area contributed by atoms with Gasteiger partial charge < -0.3 is 4.74 Å². The van der Waals surface area contributed by atoms with E-state index in [1.165, 1.54) is 0 Å². The minimum Gasteiger partial charge on any atom is -0.465 e. The Balaban J connectivity index is 3.27. The first-order chi connectivity index (χ1) is 5.31. The third kappa shape index (κ3) is 6.92. The van der Waals surface area contributed by atoms with Crippen LogP contribution in [0.15, 0.2) is 0 Å². The van der Waals surface area contributed by atoms with E-state index in [1.807, 2.05) is 0 Å². The summed E-state index contributed by atoms with van der Waals surface area (Å²) in [6.45, 7) is 4.29. The lowest BCUT2D eigenvalue weighted by molar-refractivity contribution is -0.142. The third-order valence-corrected chi connectivity index (χ3v) is 1.17. The maximum absolute atomic E-state index is 10.8. The molecule has 0 aromatic rings. The summed E-state index contributed by atoms with van der Waals surface area (Å²) in [6, 6.07) is 0. The Bertz CT molecular complexity index is 162. The average molecular weight is 154 g/mol. The molecule has 0 aliphatic rings. The molecule has 0 bridgehead atoms. The van der Waals surface area contributed by atoms with E-state index in [4.69, 9.17) is 4.74 Å². The Kier molecular flexibility index (Phi) is 6.51. The lowest BCUT2D eigenvalue weighted by Gasteiger charge is -1.99. The molecule has 0 atom stereocenters. The summed E-state index contributed by atoms with van der Waals surface area (Å²) in [5.74, 6) is 5.07. The fourth-order valence-corrected chi connectivity index (χ4v) is 0.542. The largest absolute Gasteiger partial charge is 0.465 e. The van der Waals surface area contributed by atoms with Crippen LogP contribution in [0.5, 0.6) is 0 Å². The summed E-state index contributed by atoms with van der Waals surface area (Å²) in [5, 5.41) is 0. The van der Waals surface area contributed by atoms with E-state index in [-0.39, 0.29) is 12.4 Å². The van der Waals surface area contributed by atoms with Gasteiger partial charge in [0.05, 0.1) is 6.61 Å². The van der Waals surface area contributed by atoms with Crippen LogP contribution in [0.3, 0.4) is 0 Å². The summed E-state index contributed by atoms with van der Waals surface area (Å²) in [4.78, 5) is 10.8. The van der Waals surface area contributed by atoms with E-state index in [1.54, 1.807) is 6.92 Å². The minimum absolute atomic E-state index is 0.215. The number of rotatable bonds is 4. The van der Waals surface area contributed by atoms with Gasteiger partial charge >= 0.3 is 5.97 Å². The van der Waals surface area contributed by atoms with Crippen LogP contribution in [0.1, 0.15) is 33.1 Å². The van der Waals surface area contributed by atoms with E-state index in [0.29, 0.717) is 6.61 Å². The van der Waals surface area contributed by atoms with Crippen molar-refractivity contribution in [3.63, 3.8) is 0 Å². The molecule has 0 fully saturated rings. The van der Waals surface area contributed by atoms with Gasteiger partial charge in [-0.3, -0.25) is 4.79 Å². The molecule has 0 saturated heterocycles. The lowest BCUT2D eigenvalue weighted by atomic mass is 10.3. The van der Waals surface area contributed by atoms with Gasteiger partial charge in [0.1, 0.15) is 6.42 Å². The van der Waals surface area contributed by atoms with Gasteiger partial charge in [0.2, 0.25) is 0 Å². The Morgan fingerprint density at radius 2 is 2.27 bits per heavy atom. The summed E-state index contributed by atoms with van der Waals surface area (Å²) in [6.07, 6.45) is 2.21. The van der Waals surface area contributed by atoms with Crippen LogP contribution < -0.4 is 0 Å². The molecular weight excluding hydrogens is 140 g/mol. The molecule has 0 saturated carbocycles. The second-order valence-corrected chi connectivity index (χ2v) is 2.18. The van der Waals surface area contributed by atoms with Gasteiger partial charge in [-0.2, -0.15) is 0 Å². The maximum atomic E-state index is 10.8. The van der Waals surface area contributed by atoms with Gasteiger partial charge in [0.15, 0.2) is 0 Å². The number of esters is 1. The Morgan fingerprint density at radius 1 is 1.55 bits per heavy atom. The van der Waals surface area contributed by atoms with Crippen LogP contribution >= 0.6 is 0 Å². The van der Waals surface area contributed by atoms with E-state index in [2.05, 4.69) is 18.8 Å². The summed E-state index contributed by atoms with van der Waals surface area (Å²) in [7, 11) is 0. The molecule has 62 valence electrons. The summed E-state index contributed by atoms with van der Waals surface area (Å²) >= 11 is 0. The molecule has 0 unspecified atom stereocenters. The van der Waals surface area contributed by atoms with Crippen molar-refractivity contribution in [2.75, 3.05) is 6.61 Å². The number of carbonyl (C=O) groups is 1. The van der Waals surface area contributed by atoms with E-state index < -0.39 is 0 Å². The molecule has 0 heterocycles. The van der Waals surface area contributed by atoms with E-state index >= 15 is 0 Å². The second-order valence-electron chi connectivity index (χ2n) is 2.18. The van der Waals surface area contributed by atoms with Crippen LogP contribution in [0.25, 0.3) is 0 Å². The van der Waals surface area contributed by atoms with Crippen molar-refractivity contribution >= 4 is 5.97 Å². The number of hydrogen-bond acceptors (Lipinski definition) is 2. The average Bonchev–Trinajstić information content (AvgIpc) is 2.01. The predicted molar refractivity (Wildman–Crippen MR) is 43.9 cm³/mol. The molecular formula is C9H14O2. The number of unbranched alkanes of at least 4 members (excludes halogenated alkanes) is 1. The molecule has 2 heteroatoms. The van der Waals surface area contributed by atoms with Gasteiger partial charge in [-0.1, -0.05) is 19.3 Å². The molecule has 0 aromatic heterocycles. The van der Waals surface area contributed by atoms with Crippen LogP contribution in [-0.4, -0.2) is 12.6 Å². The summed E-state index contributed by atoms with van der Waals surface area (Å²) < 4.78 is 4.84. The van der Waals surface area contributed by atoms with Crippen molar-refractivity contribution in [1.82, 2.24) is 0 Å². The standard InChI is InChI=1S/C9H14O2/c1-3-5-7-9(10)11-8-6-4-2/h4,6-8H2,1-2H3. The Morgan fingerprint density at radius 3 is 2.82 bits per heavy atom.